The molecule has 6 heteroatoms. The van der Waals surface area contributed by atoms with E-state index in [-0.39, 0.29) is 12.3 Å². The first-order chi connectivity index (χ1) is 10.5. The van der Waals surface area contributed by atoms with Crippen LogP contribution in [0.4, 0.5) is 0 Å². The monoisotopic (exact) mass is 309 g/mol. The van der Waals surface area contributed by atoms with E-state index in [4.69, 9.17) is 14.6 Å². The molecule has 0 heterocycles. The van der Waals surface area contributed by atoms with Crippen molar-refractivity contribution in [3.05, 3.63) is 23.8 Å². The van der Waals surface area contributed by atoms with Gasteiger partial charge < -0.3 is 19.9 Å². The smallest absolute Gasteiger partial charge is 0.326 e. The topological polar surface area (TPSA) is 84.9 Å². The van der Waals surface area contributed by atoms with Crippen LogP contribution in [0.25, 0.3) is 0 Å². The lowest BCUT2D eigenvalue weighted by Crippen LogP contribution is -2.40. The number of carbonyl (C=O) groups is 2. The molecule has 0 aliphatic rings. The largest absolute Gasteiger partial charge is 0.497 e. The zero-order valence-corrected chi connectivity index (χ0v) is 13.2. The lowest BCUT2D eigenvalue weighted by atomic mass is 10.1. The lowest BCUT2D eigenvalue weighted by molar-refractivity contribution is -0.142. The van der Waals surface area contributed by atoms with Gasteiger partial charge in [0.25, 0.3) is 0 Å². The first kappa shape index (κ1) is 17.8. The summed E-state index contributed by atoms with van der Waals surface area (Å²) in [6.45, 7) is 1.88. The van der Waals surface area contributed by atoms with Gasteiger partial charge >= 0.3 is 5.97 Å². The van der Waals surface area contributed by atoms with Crippen molar-refractivity contribution in [3.63, 3.8) is 0 Å². The van der Waals surface area contributed by atoms with E-state index in [1.165, 1.54) is 0 Å². The average Bonchev–Trinajstić information content (AvgIpc) is 2.52. The van der Waals surface area contributed by atoms with Gasteiger partial charge in [-0.2, -0.15) is 0 Å². The van der Waals surface area contributed by atoms with E-state index >= 15 is 0 Å². The van der Waals surface area contributed by atoms with Crippen molar-refractivity contribution < 1.29 is 24.2 Å². The SMILES string of the molecule is CCCC(NC(=O)CCc1cc(OC)ccc1OC)C(=O)O. The minimum Gasteiger partial charge on any atom is -0.497 e. The van der Waals surface area contributed by atoms with Crippen molar-refractivity contribution in [1.82, 2.24) is 5.32 Å². The molecule has 122 valence electrons. The Hall–Kier alpha value is -2.24. The molecule has 0 saturated heterocycles. The van der Waals surface area contributed by atoms with E-state index in [1.807, 2.05) is 13.0 Å². The number of carboxylic acid groups (broad SMARTS) is 1. The van der Waals surface area contributed by atoms with Crippen LogP contribution in [0.1, 0.15) is 31.7 Å². The van der Waals surface area contributed by atoms with Gasteiger partial charge in [-0.25, -0.2) is 4.79 Å². The molecule has 0 radical (unpaired) electrons. The number of nitrogens with one attached hydrogen (secondary N) is 1. The summed E-state index contributed by atoms with van der Waals surface area (Å²) in [5, 5.41) is 11.6. The van der Waals surface area contributed by atoms with E-state index in [0.29, 0.717) is 30.8 Å². The summed E-state index contributed by atoms with van der Waals surface area (Å²) in [4.78, 5) is 22.9. The second-order valence-electron chi connectivity index (χ2n) is 4.92. The molecule has 1 amide bonds. The first-order valence-electron chi connectivity index (χ1n) is 7.24. The van der Waals surface area contributed by atoms with Crippen LogP contribution in [0.2, 0.25) is 0 Å². The maximum absolute atomic E-state index is 11.9. The summed E-state index contributed by atoms with van der Waals surface area (Å²) in [5.74, 6) is 0.0717. The summed E-state index contributed by atoms with van der Waals surface area (Å²) >= 11 is 0. The third kappa shape index (κ3) is 5.27. The Morgan fingerprint density at radius 2 is 2.00 bits per heavy atom. The van der Waals surface area contributed by atoms with Crippen LogP contribution in [0.5, 0.6) is 11.5 Å². The van der Waals surface area contributed by atoms with E-state index < -0.39 is 12.0 Å². The highest BCUT2D eigenvalue weighted by molar-refractivity contribution is 5.83. The van der Waals surface area contributed by atoms with E-state index in [9.17, 15) is 9.59 Å². The van der Waals surface area contributed by atoms with Crippen molar-refractivity contribution >= 4 is 11.9 Å². The predicted octanol–water partition coefficient (Wildman–Crippen LogP) is 2.01. The molecule has 1 aromatic rings. The Morgan fingerprint density at radius 1 is 1.27 bits per heavy atom. The Morgan fingerprint density at radius 3 is 2.55 bits per heavy atom. The van der Waals surface area contributed by atoms with Gasteiger partial charge in [-0.3, -0.25) is 4.79 Å². The fourth-order valence-electron chi connectivity index (χ4n) is 2.14. The normalized spacial score (nSPS) is 11.6. The fraction of sp³-hybridized carbons (Fsp3) is 0.500. The third-order valence-corrected chi connectivity index (χ3v) is 3.32. The molecule has 0 bridgehead atoms. The maximum atomic E-state index is 11.9. The standard InChI is InChI=1S/C16H23NO5/c1-4-5-13(16(19)20)17-15(18)9-6-11-10-12(21-2)7-8-14(11)22-3/h7-8,10,13H,4-6,9H2,1-3H3,(H,17,18)(H,19,20). The van der Waals surface area contributed by atoms with Gasteiger partial charge in [-0.05, 0) is 36.6 Å². The number of carbonyl (C=O) groups excluding carboxylic acids is 1. The summed E-state index contributed by atoms with van der Waals surface area (Å²) in [7, 11) is 3.13. The van der Waals surface area contributed by atoms with Crippen molar-refractivity contribution in [3.8, 4) is 11.5 Å². The summed E-state index contributed by atoms with van der Waals surface area (Å²) in [5.41, 5.74) is 0.847. The van der Waals surface area contributed by atoms with Crippen molar-refractivity contribution in [1.29, 1.82) is 0 Å². The van der Waals surface area contributed by atoms with Crippen LogP contribution in [0, 0.1) is 0 Å². The second-order valence-corrected chi connectivity index (χ2v) is 4.92. The summed E-state index contributed by atoms with van der Waals surface area (Å²) in [6, 6.07) is 4.55. The number of amides is 1. The minimum absolute atomic E-state index is 0.191. The number of methoxy groups -OCH3 is 2. The van der Waals surface area contributed by atoms with Crippen LogP contribution in [0.3, 0.4) is 0 Å². The predicted molar refractivity (Wildman–Crippen MR) is 82.3 cm³/mol. The quantitative estimate of drug-likeness (QED) is 0.729. The molecule has 6 nitrogen and oxygen atoms in total. The van der Waals surface area contributed by atoms with Crippen molar-refractivity contribution in [2.24, 2.45) is 0 Å². The Balaban J connectivity index is 2.65. The highest BCUT2D eigenvalue weighted by atomic mass is 16.5. The number of hydrogen-bond donors (Lipinski definition) is 2. The van der Waals surface area contributed by atoms with E-state index in [1.54, 1.807) is 26.4 Å². The molecule has 1 unspecified atom stereocenters. The Bertz CT molecular complexity index is 515. The van der Waals surface area contributed by atoms with E-state index in [0.717, 1.165) is 5.56 Å². The number of carboxylic acids is 1. The van der Waals surface area contributed by atoms with Gasteiger partial charge in [0.05, 0.1) is 14.2 Å². The Kier molecular flexibility index (Phi) is 7.22. The molecular weight excluding hydrogens is 286 g/mol. The number of aliphatic carboxylic acids is 1. The molecule has 1 aromatic carbocycles. The molecule has 0 spiro atoms. The molecule has 0 fully saturated rings. The zero-order valence-electron chi connectivity index (χ0n) is 13.2. The molecule has 0 aliphatic carbocycles. The van der Waals surface area contributed by atoms with Crippen LogP contribution in [0.15, 0.2) is 18.2 Å². The highest BCUT2D eigenvalue weighted by Crippen LogP contribution is 2.25. The number of benzene rings is 1. The van der Waals surface area contributed by atoms with Crippen molar-refractivity contribution in [2.75, 3.05) is 14.2 Å². The molecule has 2 N–H and O–H groups in total. The van der Waals surface area contributed by atoms with Gasteiger partial charge in [0.15, 0.2) is 0 Å². The summed E-state index contributed by atoms with van der Waals surface area (Å²) in [6.07, 6.45) is 1.76. The van der Waals surface area contributed by atoms with Crippen LogP contribution in [-0.2, 0) is 16.0 Å². The zero-order chi connectivity index (χ0) is 16.5. The van der Waals surface area contributed by atoms with E-state index in [2.05, 4.69) is 5.32 Å². The number of rotatable bonds is 9. The number of aryl methyl sites for hydroxylation is 1. The van der Waals surface area contributed by atoms with Crippen molar-refractivity contribution in [2.45, 2.75) is 38.6 Å². The lowest BCUT2D eigenvalue weighted by Gasteiger charge is -2.14. The minimum atomic E-state index is -1.01. The third-order valence-electron chi connectivity index (χ3n) is 3.32. The first-order valence-corrected chi connectivity index (χ1v) is 7.24. The van der Waals surface area contributed by atoms with Gasteiger partial charge in [0.1, 0.15) is 17.5 Å². The van der Waals surface area contributed by atoms with Gasteiger partial charge in [-0.15, -0.1) is 0 Å². The molecular formula is C16H23NO5. The van der Waals surface area contributed by atoms with Gasteiger partial charge in [0, 0.05) is 6.42 Å². The maximum Gasteiger partial charge on any atom is 0.326 e. The number of hydrogen-bond acceptors (Lipinski definition) is 4. The highest BCUT2D eigenvalue weighted by Gasteiger charge is 2.18. The molecule has 1 rings (SSSR count). The van der Waals surface area contributed by atoms with Crippen LogP contribution >= 0.6 is 0 Å². The second kappa shape index (κ2) is 8.92. The molecule has 22 heavy (non-hydrogen) atoms. The Labute approximate surface area is 130 Å². The van der Waals surface area contributed by atoms with Gasteiger partial charge in [0.2, 0.25) is 5.91 Å². The van der Waals surface area contributed by atoms with Crippen LogP contribution < -0.4 is 14.8 Å². The van der Waals surface area contributed by atoms with Crippen LogP contribution in [-0.4, -0.2) is 37.2 Å². The van der Waals surface area contributed by atoms with Gasteiger partial charge in [-0.1, -0.05) is 13.3 Å². The fourth-order valence-corrected chi connectivity index (χ4v) is 2.14. The number of ether oxygens (including phenoxy) is 2. The molecule has 0 aromatic heterocycles. The molecule has 1 atom stereocenters. The average molecular weight is 309 g/mol. The molecule has 0 aliphatic heterocycles. The summed E-state index contributed by atoms with van der Waals surface area (Å²) < 4.78 is 10.4. The molecule has 0 saturated carbocycles.